The molecule has 0 radical (unpaired) electrons. The molecule has 158 valence electrons. The Morgan fingerprint density at radius 3 is 1.13 bits per heavy atom. The number of sulfone groups is 2. The number of benzene rings is 3. The van der Waals surface area contributed by atoms with Crippen LogP contribution in [0.4, 0.5) is 0 Å². The smallest absolute Gasteiger partial charge is 0.208 e. The molecule has 0 atom stereocenters. The number of hydrogen-bond acceptors (Lipinski definition) is 6. The summed E-state index contributed by atoms with van der Waals surface area (Å²) in [6, 6.07) is 14.8. The van der Waals surface area contributed by atoms with E-state index in [-0.39, 0.29) is 31.1 Å². The van der Waals surface area contributed by atoms with Crippen molar-refractivity contribution in [3.05, 3.63) is 71.8 Å². The van der Waals surface area contributed by atoms with E-state index in [1.54, 1.807) is 24.3 Å². The molecular formula is C22H22O6S2. The zero-order valence-electron chi connectivity index (χ0n) is 17.0. The summed E-state index contributed by atoms with van der Waals surface area (Å²) < 4.78 is 64.1. The minimum absolute atomic E-state index is 0.0133. The molecule has 0 fully saturated rings. The van der Waals surface area contributed by atoms with E-state index in [2.05, 4.69) is 0 Å². The highest BCUT2D eigenvalue weighted by Gasteiger charge is 2.31. The fraction of sp³-hybridized carbons (Fsp3) is 0.182. The lowest BCUT2D eigenvalue weighted by Crippen LogP contribution is -2.12. The van der Waals surface area contributed by atoms with Gasteiger partial charge in [0.05, 0.1) is 33.8 Å². The lowest BCUT2D eigenvalue weighted by Gasteiger charge is -2.16. The van der Waals surface area contributed by atoms with Crippen molar-refractivity contribution in [1.29, 1.82) is 0 Å². The Morgan fingerprint density at radius 1 is 0.567 bits per heavy atom. The molecule has 0 heterocycles. The van der Waals surface area contributed by atoms with Gasteiger partial charge in [-0.2, -0.15) is 0 Å². The van der Waals surface area contributed by atoms with E-state index < -0.39 is 19.7 Å². The van der Waals surface area contributed by atoms with Gasteiger partial charge in [0.25, 0.3) is 0 Å². The van der Waals surface area contributed by atoms with Gasteiger partial charge in [-0.25, -0.2) is 16.8 Å². The average molecular weight is 447 g/mol. The molecule has 3 aromatic carbocycles. The predicted octanol–water partition coefficient (Wildman–Crippen LogP) is 3.99. The van der Waals surface area contributed by atoms with Crippen LogP contribution < -0.4 is 9.47 Å². The number of methoxy groups -OCH3 is 2. The third kappa shape index (κ3) is 3.93. The van der Waals surface area contributed by atoms with Gasteiger partial charge in [0, 0.05) is 12.1 Å². The van der Waals surface area contributed by atoms with E-state index >= 15 is 0 Å². The van der Waals surface area contributed by atoms with E-state index in [0.29, 0.717) is 0 Å². The quantitative estimate of drug-likeness (QED) is 0.569. The molecule has 0 amide bonds. The average Bonchev–Trinajstić information content (AvgIpc) is 2.73. The van der Waals surface area contributed by atoms with Crippen molar-refractivity contribution in [3.63, 3.8) is 0 Å². The molecule has 0 saturated heterocycles. The van der Waals surface area contributed by atoms with Gasteiger partial charge in [0.2, 0.25) is 19.7 Å². The first-order chi connectivity index (χ1) is 14.1. The second-order valence-corrected chi connectivity index (χ2v) is 10.6. The van der Waals surface area contributed by atoms with Gasteiger partial charge in [0.1, 0.15) is 0 Å². The summed E-state index contributed by atoms with van der Waals surface area (Å²) in [4.78, 5) is -0.768. The maximum Gasteiger partial charge on any atom is 0.208 e. The minimum Gasteiger partial charge on any atom is -0.493 e. The topological polar surface area (TPSA) is 86.7 Å². The molecule has 0 aliphatic carbocycles. The lowest BCUT2D eigenvalue weighted by molar-refractivity contribution is 0.352. The van der Waals surface area contributed by atoms with Crippen LogP contribution in [-0.4, -0.2) is 31.1 Å². The fourth-order valence-corrected chi connectivity index (χ4v) is 6.28. The molecule has 3 rings (SSSR count). The van der Waals surface area contributed by atoms with Crippen molar-refractivity contribution in [2.24, 2.45) is 0 Å². The summed E-state index contributed by atoms with van der Waals surface area (Å²) in [5, 5.41) is 0. The van der Waals surface area contributed by atoms with Gasteiger partial charge in [-0.05, 0) is 38.1 Å². The third-order valence-corrected chi connectivity index (χ3v) is 8.44. The second-order valence-electron chi connectivity index (χ2n) is 6.79. The van der Waals surface area contributed by atoms with Crippen LogP contribution in [0, 0.1) is 13.8 Å². The molecule has 3 aromatic rings. The summed E-state index contributed by atoms with van der Waals surface area (Å²) in [7, 11) is -5.61. The van der Waals surface area contributed by atoms with E-state index in [1.807, 2.05) is 13.8 Å². The largest absolute Gasteiger partial charge is 0.493 e. The maximum absolute atomic E-state index is 13.4. The van der Waals surface area contributed by atoms with E-state index in [0.717, 1.165) is 11.1 Å². The van der Waals surface area contributed by atoms with E-state index in [1.165, 1.54) is 50.6 Å². The third-order valence-electron chi connectivity index (χ3n) is 4.69. The van der Waals surface area contributed by atoms with Crippen LogP contribution in [0.25, 0.3) is 0 Å². The fourth-order valence-electron chi connectivity index (χ4n) is 2.95. The van der Waals surface area contributed by atoms with Gasteiger partial charge in [-0.15, -0.1) is 0 Å². The number of ether oxygens (including phenoxy) is 2. The van der Waals surface area contributed by atoms with Gasteiger partial charge in [-0.3, -0.25) is 0 Å². The molecule has 0 N–H and O–H groups in total. The van der Waals surface area contributed by atoms with Gasteiger partial charge >= 0.3 is 0 Å². The van der Waals surface area contributed by atoms with Crippen molar-refractivity contribution in [3.8, 4) is 11.5 Å². The van der Waals surface area contributed by atoms with E-state index in [9.17, 15) is 16.8 Å². The SMILES string of the molecule is COc1cc(S(=O)(=O)c2ccc(C)cc2)c(S(=O)(=O)c2ccc(C)cc2)cc1OC. The Bertz CT molecular complexity index is 1170. The molecule has 0 saturated carbocycles. The van der Waals surface area contributed by atoms with Gasteiger partial charge in [0.15, 0.2) is 11.5 Å². The van der Waals surface area contributed by atoms with Crippen LogP contribution in [0.1, 0.15) is 11.1 Å². The first kappa shape index (κ1) is 21.9. The molecule has 30 heavy (non-hydrogen) atoms. The Labute approximate surface area is 176 Å². The highest BCUT2D eigenvalue weighted by atomic mass is 32.2. The van der Waals surface area contributed by atoms with Crippen LogP contribution >= 0.6 is 0 Å². The minimum atomic E-state index is -4.16. The predicted molar refractivity (Wildman–Crippen MR) is 113 cm³/mol. The monoisotopic (exact) mass is 446 g/mol. The van der Waals surface area contributed by atoms with Crippen molar-refractivity contribution < 1.29 is 26.3 Å². The summed E-state index contributed by atoms with van der Waals surface area (Å²) in [6.45, 7) is 3.67. The molecule has 8 heteroatoms. The van der Waals surface area contributed by atoms with Crippen molar-refractivity contribution in [2.45, 2.75) is 33.4 Å². The van der Waals surface area contributed by atoms with Crippen LogP contribution in [0.3, 0.4) is 0 Å². The molecule has 0 spiro atoms. The Morgan fingerprint density at radius 2 is 0.867 bits per heavy atom. The highest BCUT2D eigenvalue weighted by molar-refractivity contribution is 7.94. The highest BCUT2D eigenvalue weighted by Crippen LogP contribution is 2.39. The number of hydrogen-bond donors (Lipinski definition) is 0. The zero-order valence-corrected chi connectivity index (χ0v) is 18.7. The Kier molecular flexibility index (Phi) is 5.92. The summed E-state index contributed by atoms with van der Waals surface area (Å²) >= 11 is 0. The molecule has 0 aromatic heterocycles. The lowest BCUT2D eigenvalue weighted by atomic mass is 10.2. The van der Waals surface area contributed by atoms with Crippen LogP contribution in [0.5, 0.6) is 11.5 Å². The summed E-state index contributed by atoms with van der Waals surface area (Å²) in [5.41, 5.74) is 1.77. The standard InChI is InChI=1S/C22H22O6S2/c1-15-5-9-17(10-6-15)29(23,24)21-13-19(27-3)20(28-4)14-22(21)30(25,26)18-11-7-16(2)8-12-18/h5-14H,1-4H3. The first-order valence-corrected chi connectivity index (χ1v) is 12.0. The molecule has 0 aliphatic heterocycles. The first-order valence-electron chi connectivity index (χ1n) is 9.01. The van der Waals surface area contributed by atoms with Crippen molar-refractivity contribution in [2.75, 3.05) is 14.2 Å². The van der Waals surface area contributed by atoms with Crippen LogP contribution in [0.15, 0.2) is 80.2 Å². The van der Waals surface area contributed by atoms with E-state index in [4.69, 9.17) is 9.47 Å². The number of rotatable bonds is 6. The zero-order chi connectivity index (χ0) is 22.1. The van der Waals surface area contributed by atoms with Crippen molar-refractivity contribution >= 4 is 19.7 Å². The molecule has 6 nitrogen and oxygen atoms in total. The molecule has 0 aliphatic rings. The Hall–Kier alpha value is -2.84. The molecular weight excluding hydrogens is 424 g/mol. The van der Waals surface area contributed by atoms with Gasteiger partial charge in [-0.1, -0.05) is 35.4 Å². The molecule has 0 bridgehead atoms. The summed E-state index contributed by atoms with van der Waals surface area (Å²) in [5.74, 6) is 0.233. The summed E-state index contributed by atoms with van der Waals surface area (Å²) in [6.07, 6.45) is 0. The second kappa shape index (κ2) is 8.12. The van der Waals surface area contributed by atoms with Gasteiger partial charge < -0.3 is 9.47 Å². The van der Waals surface area contributed by atoms with Crippen LogP contribution in [0.2, 0.25) is 0 Å². The molecule has 0 unspecified atom stereocenters. The normalized spacial score (nSPS) is 11.9. The maximum atomic E-state index is 13.4. The van der Waals surface area contributed by atoms with Crippen molar-refractivity contribution in [1.82, 2.24) is 0 Å². The number of aryl methyl sites for hydroxylation is 2. The Balaban J connectivity index is 2.34. The van der Waals surface area contributed by atoms with Crippen LogP contribution in [-0.2, 0) is 19.7 Å².